The van der Waals surface area contributed by atoms with E-state index in [1.165, 1.54) is 6.42 Å². The molecule has 4 heteroatoms. The third kappa shape index (κ3) is 5.04. The Balaban J connectivity index is 2.45. The van der Waals surface area contributed by atoms with Gasteiger partial charge in [-0.3, -0.25) is 0 Å². The van der Waals surface area contributed by atoms with Crippen LogP contribution >= 0.6 is 22.6 Å². The molecule has 0 aromatic carbocycles. The summed E-state index contributed by atoms with van der Waals surface area (Å²) < 4.78 is 6.06. The first kappa shape index (κ1) is 13.1. The minimum Gasteiger partial charge on any atom is -0.444 e. The normalized spacial score (nSPS) is 23.5. The van der Waals surface area contributed by atoms with Crippen LogP contribution < -0.4 is 0 Å². The Morgan fingerprint density at radius 2 is 2.00 bits per heavy atom. The van der Waals surface area contributed by atoms with Crippen molar-refractivity contribution in [3.05, 3.63) is 0 Å². The molecule has 0 bridgehead atoms. The van der Waals surface area contributed by atoms with Gasteiger partial charge >= 0.3 is 6.09 Å². The maximum Gasteiger partial charge on any atom is 0.410 e. The topological polar surface area (TPSA) is 29.5 Å². The standard InChI is InChI=1S/C11H20INO2/c1-11(2,3)15-10(14)13-7-4-5-9(12)6-8-13/h9H,4-8H2,1-3H3. The van der Waals surface area contributed by atoms with Gasteiger partial charge in [-0.25, -0.2) is 4.79 Å². The predicted molar refractivity (Wildman–Crippen MR) is 69.5 cm³/mol. The van der Waals surface area contributed by atoms with Gasteiger partial charge in [-0.2, -0.15) is 0 Å². The van der Waals surface area contributed by atoms with E-state index in [1.807, 2.05) is 25.7 Å². The van der Waals surface area contributed by atoms with Crippen molar-refractivity contribution in [2.75, 3.05) is 13.1 Å². The summed E-state index contributed by atoms with van der Waals surface area (Å²) in [6, 6.07) is 0. The Labute approximate surface area is 106 Å². The first-order valence-electron chi connectivity index (χ1n) is 5.50. The number of amides is 1. The molecule has 0 N–H and O–H groups in total. The highest BCUT2D eigenvalue weighted by Crippen LogP contribution is 2.19. The SMILES string of the molecule is CC(C)(C)OC(=O)N1CCCC(I)CC1. The summed E-state index contributed by atoms with van der Waals surface area (Å²) in [6.07, 6.45) is 3.22. The van der Waals surface area contributed by atoms with Gasteiger partial charge in [0.05, 0.1) is 0 Å². The molecular formula is C11H20INO2. The predicted octanol–water partition coefficient (Wildman–Crippen LogP) is 3.21. The molecule has 1 unspecified atom stereocenters. The zero-order chi connectivity index (χ0) is 11.5. The molecule has 1 fully saturated rings. The molecule has 0 saturated carbocycles. The van der Waals surface area contributed by atoms with E-state index in [1.54, 1.807) is 0 Å². The van der Waals surface area contributed by atoms with Gasteiger partial charge in [-0.1, -0.05) is 22.6 Å². The van der Waals surface area contributed by atoms with Gasteiger partial charge in [-0.15, -0.1) is 0 Å². The lowest BCUT2D eigenvalue weighted by atomic mass is 10.2. The second kappa shape index (κ2) is 5.37. The number of alkyl halides is 1. The number of likely N-dealkylation sites (tertiary alicyclic amines) is 1. The number of carbonyl (C=O) groups is 1. The molecule has 3 nitrogen and oxygen atoms in total. The molecule has 1 atom stereocenters. The zero-order valence-corrected chi connectivity index (χ0v) is 11.9. The third-order valence-electron chi connectivity index (χ3n) is 2.31. The monoisotopic (exact) mass is 325 g/mol. The Morgan fingerprint density at radius 1 is 1.33 bits per heavy atom. The summed E-state index contributed by atoms with van der Waals surface area (Å²) >= 11 is 2.46. The fraction of sp³-hybridized carbons (Fsp3) is 0.909. The molecule has 0 spiro atoms. The van der Waals surface area contributed by atoms with E-state index in [4.69, 9.17) is 4.74 Å². The maximum absolute atomic E-state index is 11.8. The molecule has 0 aromatic heterocycles. The van der Waals surface area contributed by atoms with Gasteiger partial charge in [-0.05, 0) is 40.0 Å². The van der Waals surface area contributed by atoms with Crippen LogP contribution in [0.3, 0.4) is 0 Å². The molecular weight excluding hydrogens is 305 g/mol. The van der Waals surface area contributed by atoms with E-state index in [0.717, 1.165) is 25.9 Å². The van der Waals surface area contributed by atoms with Gasteiger partial charge in [0.25, 0.3) is 0 Å². The number of halogens is 1. The van der Waals surface area contributed by atoms with Crippen LogP contribution in [-0.4, -0.2) is 33.6 Å². The molecule has 0 radical (unpaired) electrons. The van der Waals surface area contributed by atoms with Crippen molar-refractivity contribution in [3.8, 4) is 0 Å². The van der Waals surface area contributed by atoms with Crippen LogP contribution in [0.15, 0.2) is 0 Å². The summed E-state index contributed by atoms with van der Waals surface area (Å²) in [7, 11) is 0. The number of rotatable bonds is 0. The first-order chi connectivity index (χ1) is 6.88. The van der Waals surface area contributed by atoms with E-state index in [9.17, 15) is 4.79 Å². The molecule has 15 heavy (non-hydrogen) atoms. The molecule has 0 aromatic rings. The second-order valence-corrected chi connectivity index (χ2v) is 6.76. The van der Waals surface area contributed by atoms with Crippen LogP contribution in [-0.2, 0) is 4.74 Å². The molecule has 1 rings (SSSR count). The van der Waals surface area contributed by atoms with Crippen molar-refractivity contribution < 1.29 is 9.53 Å². The molecule has 1 saturated heterocycles. The molecule has 0 aliphatic carbocycles. The number of carbonyl (C=O) groups excluding carboxylic acids is 1. The molecule has 1 amide bonds. The number of nitrogens with zero attached hydrogens (tertiary/aromatic N) is 1. The van der Waals surface area contributed by atoms with Crippen LogP contribution in [0, 0.1) is 0 Å². The van der Waals surface area contributed by atoms with Crippen molar-refractivity contribution >= 4 is 28.7 Å². The maximum atomic E-state index is 11.8. The molecule has 1 heterocycles. The zero-order valence-electron chi connectivity index (χ0n) is 9.75. The summed E-state index contributed by atoms with van der Waals surface area (Å²) in [5.74, 6) is 0. The third-order valence-corrected chi connectivity index (χ3v) is 3.55. The highest BCUT2D eigenvalue weighted by molar-refractivity contribution is 14.1. The van der Waals surface area contributed by atoms with Gasteiger partial charge in [0.1, 0.15) is 5.60 Å². The van der Waals surface area contributed by atoms with Crippen LogP contribution in [0.5, 0.6) is 0 Å². The number of hydrogen-bond donors (Lipinski definition) is 0. The quantitative estimate of drug-likeness (QED) is 0.506. The Bertz CT molecular complexity index is 225. The fourth-order valence-corrected chi connectivity index (χ4v) is 2.28. The highest BCUT2D eigenvalue weighted by Gasteiger charge is 2.24. The lowest BCUT2D eigenvalue weighted by molar-refractivity contribution is 0.0257. The Kier molecular flexibility index (Phi) is 4.67. The van der Waals surface area contributed by atoms with E-state index in [0.29, 0.717) is 3.92 Å². The van der Waals surface area contributed by atoms with Crippen molar-refractivity contribution in [1.29, 1.82) is 0 Å². The van der Waals surface area contributed by atoms with Gasteiger partial charge < -0.3 is 9.64 Å². The van der Waals surface area contributed by atoms with Crippen LogP contribution in [0.2, 0.25) is 0 Å². The van der Waals surface area contributed by atoms with Crippen LogP contribution in [0.1, 0.15) is 40.0 Å². The Morgan fingerprint density at radius 3 is 2.60 bits per heavy atom. The summed E-state index contributed by atoms with van der Waals surface area (Å²) in [4.78, 5) is 13.6. The lowest BCUT2D eigenvalue weighted by Gasteiger charge is -2.26. The minimum absolute atomic E-state index is 0.159. The second-order valence-electron chi connectivity index (χ2n) is 5.00. The van der Waals surface area contributed by atoms with Crippen LogP contribution in [0.4, 0.5) is 4.79 Å². The van der Waals surface area contributed by atoms with Crippen molar-refractivity contribution in [3.63, 3.8) is 0 Å². The van der Waals surface area contributed by atoms with E-state index >= 15 is 0 Å². The molecule has 1 aliphatic heterocycles. The number of hydrogen-bond acceptors (Lipinski definition) is 2. The lowest BCUT2D eigenvalue weighted by Crippen LogP contribution is -2.37. The summed E-state index contributed by atoms with van der Waals surface area (Å²) in [6.45, 7) is 7.40. The minimum atomic E-state index is -0.382. The summed E-state index contributed by atoms with van der Waals surface area (Å²) in [5, 5.41) is 0. The van der Waals surface area contributed by atoms with E-state index in [2.05, 4.69) is 22.6 Å². The smallest absolute Gasteiger partial charge is 0.410 e. The largest absolute Gasteiger partial charge is 0.444 e. The van der Waals surface area contributed by atoms with Crippen molar-refractivity contribution in [2.24, 2.45) is 0 Å². The van der Waals surface area contributed by atoms with Gasteiger partial charge in [0.2, 0.25) is 0 Å². The Hall–Kier alpha value is 0. The van der Waals surface area contributed by atoms with Crippen molar-refractivity contribution in [1.82, 2.24) is 4.90 Å². The summed E-state index contributed by atoms with van der Waals surface area (Å²) in [5.41, 5.74) is -0.382. The highest BCUT2D eigenvalue weighted by atomic mass is 127. The number of ether oxygens (including phenoxy) is 1. The van der Waals surface area contributed by atoms with Gasteiger partial charge in [0.15, 0.2) is 0 Å². The molecule has 88 valence electrons. The fourth-order valence-electron chi connectivity index (χ4n) is 1.56. The average Bonchev–Trinajstić information content (AvgIpc) is 2.26. The van der Waals surface area contributed by atoms with Crippen molar-refractivity contribution in [2.45, 2.75) is 49.6 Å². The van der Waals surface area contributed by atoms with Gasteiger partial charge in [0, 0.05) is 17.0 Å². The van der Waals surface area contributed by atoms with E-state index in [-0.39, 0.29) is 11.7 Å². The first-order valence-corrected chi connectivity index (χ1v) is 6.75. The van der Waals surface area contributed by atoms with Crippen LogP contribution in [0.25, 0.3) is 0 Å². The van der Waals surface area contributed by atoms with E-state index < -0.39 is 0 Å². The average molecular weight is 325 g/mol. The molecule has 1 aliphatic rings.